The minimum atomic E-state index is 0.515. The van der Waals surface area contributed by atoms with E-state index in [9.17, 15) is 0 Å². The molecule has 0 N–H and O–H groups in total. The molecule has 0 atom stereocenters. The van der Waals surface area contributed by atoms with Gasteiger partial charge in [0.05, 0.1) is 6.21 Å². The first-order chi connectivity index (χ1) is 6.29. The van der Waals surface area contributed by atoms with Gasteiger partial charge in [0.25, 0.3) is 0 Å². The van der Waals surface area contributed by atoms with Crippen LogP contribution in [0.2, 0.25) is 0 Å². The largest absolute Gasteiger partial charge is 0.396 e. The Hall–Kier alpha value is -1.31. The summed E-state index contributed by atoms with van der Waals surface area (Å²) in [4.78, 5) is 5.06. The average molecular weight is 176 g/mol. The van der Waals surface area contributed by atoms with Gasteiger partial charge in [0.2, 0.25) is 0 Å². The van der Waals surface area contributed by atoms with E-state index in [1.54, 1.807) is 6.21 Å². The smallest absolute Gasteiger partial charge is 0.119 e. The van der Waals surface area contributed by atoms with Crippen LogP contribution in [0.15, 0.2) is 29.4 Å². The highest BCUT2D eigenvalue weighted by molar-refractivity contribution is 5.78. The lowest BCUT2D eigenvalue weighted by Gasteiger charge is -2.00. The van der Waals surface area contributed by atoms with E-state index in [2.05, 4.69) is 25.1 Å². The molecule has 0 heterocycles. The summed E-state index contributed by atoms with van der Waals surface area (Å²) in [5, 5.41) is 3.84. The highest BCUT2D eigenvalue weighted by Crippen LogP contribution is 1.95. The maximum absolute atomic E-state index is 5.06. The zero-order valence-electron chi connectivity index (χ0n) is 8.03. The molecule has 0 bridgehead atoms. The summed E-state index contributed by atoms with van der Waals surface area (Å²) in [6.45, 7) is 4.84. The minimum Gasteiger partial charge on any atom is -0.396 e. The van der Waals surface area contributed by atoms with Crippen molar-refractivity contribution in [3.05, 3.63) is 35.9 Å². The molecule has 1 aromatic rings. The molecule has 0 amide bonds. The van der Waals surface area contributed by atoms with E-state index in [0.717, 1.165) is 5.56 Å². The average Bonchev–Trinajstić information content (AvgIpc) is 2.14. The fourth-order valence-corrected chi connectivity index (χ4v) is 0.776. The Bertz CT molecular complexity index is 254. The van der Waals surface area contributed by atoms with Crippen molar-refractivity contribution in [2.24, 2.45) is 11.1 Å². The maximum atomic E-state index is 5.06. The van der Waals surface area contributed by atoms with Gasteiger partial charge in [0, 0.05) is 0 Å². The molecule has 69 valence electrons. The lowest BCUT2D eigenvalue weighted by molar-refractivity contribution is 0.120. The van der Waals surface area contributed by atoms with Gasteiger partial charge in [-0.05, 0) is 17.5 Å². The molecule has 0 unspecified atom stereocenters. The van der Waals surface area contributed by atoms with Crippen LogP contribution in [0.25, 0.3) is 0 Å². The third-order valence-corrected chi connectivity index (χ3v) is 1.43. The molecule has 0 saturated heterocycles. The minimum absolute atomic E-state index is 0.515. The Labute approximate surface area is 79.2 Å². The Balaban J connectivity index is 2.33. The van der Waals surface area contributed by atoms with Gasteiger partial charge in [0.1, 0.15) is 6.61 Å². The Morgan fingerprint density at radius 3 is 2.77 bits per heavy atom. The van der Waals surface area contributed by atoms with Crippen LogP contribution >= 0.6 is 0 Å². The monoisotopic (exact) mass is 176 g/mol. The summed E-state index contributed by atoms with van der Waals surface area (Å²) in [5.74, 6) is 0.515. The van der Waals surface area contributed by atoms with Gasteiger partial charge in [-0.2, -0.15) is 0 Å². The van der Waals surface area contributed by atoms with E-state index < -0.39 is 0 Å². The standard InChI is InChI=1S/C11H14NO/c1-10(2)9-13-12-8-11-6-4-3-5-7-11/h4-8,10H,9H2,1-2H3. The van der Waals surface area contributed by atoms with Crippen LogP contribution < -0.4 is 0 Å². The van der Waals surface area contributed by atoms with Crippen molar-refractivity contribution in [1.82, 2.24) is 0 Å². The van der Waals surface area contributed by atoms with Gasteiger partial charge in [-0.3, -0.25) is 0 Å². The molecule has 0 saturated carbocycles. The van der Waals surface area contributed by atoms with Crippen LogP contribution in [-0.4, -0.2) is 12.8 Å². The highest BCUT2D eigenvalue weighted by atomic mass is 16.6. The maximum Gasteiger partial charge on any atom is 0.119 e. The van der Waals surface area contributed by atoms with Crippen LogP contribution in [0.5, 0.6) is 0 Å². The van der Waals surface area contributed by atoms with Gasteiger partial charge >= 0.3 is 0 Å². The normalized spacial score (nSPS) is 11.0. The van der Waals surface area contributed by atoms with Crippen molar-refractivity contribution in [1.29, 1.82) is 0 Å². The molecule has 0 spiro atoms. The van der Waals surface area contributed by atoms with Crippen LogP contribution in [0, 0.1) is 12.0 Å². The Kier molecular flexibility index (Phi) is 4.03. The molecule has 1 aromatic carbocycles. The molecule has 2 nitrogen and oxygen atoms in total. The lowest BCUT2D eigenvalue weighted by Crippen LogP contribution is -1.97. The number of oxime groups is 1. The van der Waals surface area contributed by atoms with Crippen molar-refractivity contribution in [3.63, 3.8) is 0 Å². The van der Waals surface area contributed by atoms with Gasteiger partial charge in [-0.15, -0.1) is 0 Å². The topological polar surface area (TPSA) is 21.6 Å². The fraction of sp³-hybridized carbons (Fsp3) is 0.364. The second-order valence-electron chi connectivity index (χ2n) is 3.26. The molecule has 0 aromatic heterocycles. The van der Waals surface area contributed by atoms with Crippen LogP contribution in [0.1, 0.15) is 19.4 Å². The molecule has 1 radical (unpaired) electrons. The predicted molar refractivity (Wildman–Crippen MR) is 53.7 cm³/mol. The first kappa shape index (κ1) is 9.78. The second-order valence-corrected chi connectivity index (χ2v) is 3.26. The third kappa shape index (κ3) is 4.31. The van der Waals surface area contributed by atoms with Crippen LogP contribution in [-0.2, 0) is 4.84 Å². The highest BCUT2D eigenvalue weighted by Gasteiger charge is 1.90. The van der Waals surface area contributed by atoms with Crippen LogP contribution in [0.4, 0.5) is 0 Å². The quantitative estimate of drug-likeness (QED) is 0.510. The van der Waals surface area contributed by atoms with Crippen LogP contribution in [0.3, 0.4) is 0 Å². The van der Waals surface area contributed by atoms with Gasteiger partial charge in [-0.1, -0.05) is 43.3 Å². The predicted octanol–water partition coefficient (Wildman–Crippen LogP) is 2.49. The van der Waals surface area contributed by atoms with E-state index in [1.165, 1.54) is 0 Å². The number of rotatable bonds is 4. The van der Waals surface area contributed by atoms with Crippen molar-refractivity contribution >= 4 is 6.21 Å². The molecule has 0 aliphatic rings. The summed E-state index contributed by atoms with van der Waals surface area (Å²) in [6.07, 6.45) is 1.70. The zero-order valence-corrected chi connectivity index (χ0v) is 8.03. The molecule has 1 rings (SSSR count). The SMILES string of the molecule is CC(C)CON=Cc1cc[c]cc1. The molecule has 0 aliphatic heterocycles. The van der Waals surface area contributed by atoms with Crippen molar-refractivity contribution < 1.29 is 4.84 Å². The summed E-state index contributed by atoms with van der Waals surface area (Å²) in [6, 6.07) is 10.5. The summed E-state index contributed by atoms with van der Waals surface area (Å²) in [5.41, 5.74) is 1.03. The van der Waals surface area contributed by atoms with Crippen molar-refractivity contribution in [2.45, 2.75) is 13.8 Å². The van der Waals surface area contributed by atoms with E-state index in [-0.39, 0.29) is 0 Å². The second kappa shape index (κ2) is 5.36. The van der Waals surface area contributed by atoms with Gasteiger partial charge in [0.15, 0.2) is 0 Å². The number of hydrogen-bond donors (Lipinski definition) is 0. The van der Waals surface area contributed by atoms with Crippen molar-refractivity contribution in [3.8, 4) is 0 Å². The first-order valence-electron chi connectivity index (χ1n) is 4.40. The first-order valence-corrected chi connectivity index (χ1v) is 4.40. The zero-order chi connectivity index (χ0) is 9.52. The Morgan fingerprint density at radius 1 is 1.46 bits per heavy atom. The number of hydrogen-bond acceptors (Lipinski definition) is 2. The van der Waals surface area contributed by atoms with E-state index >= 15 is 0 Å². The summed E-state index contributed by atoms with van der Waals surface area (Å²) >= 11 is 0. The van der Waals surface area contributed by atoms with E-state index in [1.807, 2.05) is 24.3 Å². The molecule has 0 aliphatic carbocycles. The summed E-state index contributed by atoms with van der Waals surface area (Å²) in [7, 11) is 0. The van der Waals surface area contributed by atoms with Gasteiger partial charge in [-0.25, -0.2) is 0 Å². The van der Waals surface area contributed by atoms with Crippen molar-refractivity contribution in [2.75, 3.05) is 6.61 Å². The van der Waals surface area contributed by atoms with E-state index in [4.69, 9.17) is 4.84 Å². The fourth-order valence-electron chi connectivity index (χ4n) is 0.776. The lowest BCUT2D eigenvalue weighted by atomic mass is 10.2. The third-order valence-electron chi connectivity index (χ3n) is 1.43. The number of benzene rings is 1. The molecular weight excluding hydrogens is 162 g/mol. The van der Waals surface area contributed by atoms with Gasteiger partial charge < -0.3 is 4.84 Å². The molecule has 2 heteroatoms. The molecule has 13 heavy (non-hydrogen) atoms. The van der Waals surface area contributed by atoms with E-state index in [0.29, 0.717) is 12.5 Å². The molecular formula is C11H14NO. The summed E-state index contributed by atoms with van der Waals surface area (Å²) < 4.78 is 0. The molecule has 0 fully saturated rings. The Morgan fingerprint density at radius 2 is 2.15 bits per heavy atom. The number of nitrogens with zero attached hydrogens (tertiary/aromatic N) is 1.